The van der Waals surface area contributed by atoms with Crippen LogP contribution in [-0.4, -0.2) is 35.1 Å². The average molecular weight is 290 g/mol. The number of carboxylic acids is 1. The Hall–Kier alpha value is -2.04. The zero-order valence-corrected chi connectivity index (χ0v) is 12.6. The Balaban J connectivity index is 2.04. The molecule has 1 atom stereocenters. The molecular weight excluding hydrogens is 268 g/mol. The van der Waals surface area contributed by atoms with Crippen LogP contribution >= 0.6 is 0 Å². The van der Waals surface area contributed by atoms with E-state index in [1.165, 1.54) is 0 Å². The first kappa shape index (κ1) is 15.4. The van der Waals surface area contributed by atoms with E-state index >= 15 is 0 Å². The van der Waals surface area contributed by atoms with Gasteiger partial charge in [-0.1, -0.05) is 19.1 Å². The topological polar surface area (TPSA) is 69.6 Å². The van der Waals surface area contributed by atoms with Crippen molar-refractivity contribution >= 4 is 17.7 Å². The van der Waals surface area contributed by atoms with E-state index in [1.54, 1.807) is 11.8 Å². The van der Waals surface area contributed by atoms with Gasteiger partial charge in [-0.05, 0) is 43.9 Å². The summed E-state index contributed by atoms with van der Waals surface area (Å²) in [6.07, 6.45) is 2.23. The summed E-state index contributed by atoms with van der Waals surface area (Å²) in [7, 11) is 0. The first-order valence-corrected chi connectivity index (χ1v) is 7.33. The van der Waals surface area contributed by atoms with Crippen LogP contribution in [0.1, 0.15) is 32.3 Å². The number of carbonyl (C=O) groups is 2. The smallest absolute Gasteiger partial charge is 0.321 e. The Morgan fingerprint density at radius 1 is 1.43 bits per heavy atom. The second-order valence-electron chi connectivity index (χ2n) is 5.88. The van der Waals surface area contributed by atoms with E-state index in [1.807, 2.05) is 24.3 Å². The van der Waals surface area contributed by atoms with Gasteiger partial charge in [0, 0.05) is 18.8 Å². The van der Waals surface area contributed by atoms with Crippen LogP contribution in [0.3, 0.4) is 0 Å². The number of rotatable bonds is 3. The molecule has 2 N–H and O–H groups in total. The van der Waals surface area contributed by atoms with Crippen LogP contribution in [0.25, 0.3) is 0 Å². The van der Waals surface area contributed by atoms with Crippen molar-refractivity contribution in [1.82, 2.24) is 4.90 Å². The van der Waals surface area contributed by atoms with Gasteiger partial charge in [0.15, 0.2) is 0 Å². The number of urea groups is 1. The number of carbonyl (C=O) groups excluding carboxylic acids is 1. The minimum Gasteiger partial charge on any atom is -0.481 e. The normalized spacial score (nSPS) is 21.9. The van der Waals surface area contributed by atoms with Crippen molar-refractivity contribution in [2.24, 2.45) is 5.41 Å². The monoisotopic (exact) mass is 290 g/mol. The summed E-state index contributed by atoms with van der Waals surface area (Å²) in [5.74, 6) is -0.840. The number of anilines is 1. The quantitative estimate of drug-likeness (QED) is 0.899. The highest BCUT2D eigenvalue weighted by Crippen LogP contribution is 2.30. The Labute approximate surface area is 125 Å². The summed E-state index contributed by atoms with van der Waals surface area (Å²) < 4.78 is 0. The molecule has 1 unspecified atom stereocenters. The van der Waals surface area contributed by atoms with Gasteiger partial charge in [0.05, 0.1) is 5.41 Å². The van der Waals surface area contributed by atoms with Gasteiger partial charge < -0.3 is 15.3 Å². The number of nitrogens with zero attached hydrogens (tertiary/aromatic N) is 1. The zero-order chi connectivity index (χ0) is 15.5. The zero-order valence-electron chi connectivity index (χ0n) is 12.6. The maximum atomic E-state index is 12.3. The third-order valence-corrected chi connectivity index (χ3v) is 4.09. The molecule has 0 radical (unpaired) electrons. The lowest BCUT2D eigenvalue weighted by Crippen LogP contribution is -2.49. The van der Waals surface area contributed by atoms with Crippen LogP contribution < -0.4 is 5.32 Å². The van der Waals surface area contributed by atoms with Gasteiger partial charge in [-0.15, -0.1) is 0 Å². The van der Waals surface area contributed by atoms with Crippen molar-refractivity contribution in [3.8, 4) is 0 Å². The molecule has 1 aromatic carbocycles. The molecular formula is C16H22N2O3. The van der Waals surface area contributed by atoms with Gasteiger partial charge in [0.1, 0.15) is 0 Å². The van der Waals surface area contributed by atoms with Crippen LogP contribution in [0.15, 0.2) is 24.3 Å². The maximum absolute atomic E-state index is 12.3. The van der Waals surface area contributed by atoms with Crippen molar-refractivity contribution in [2.75, 3.05) is 18.4 Å². The predicted octanol–water partition coefficient (Wildman–Crippen LogP) is 2.97. The van der Waals surface area contributed by atoms with E-state index in [0.29, 0.717) is 19.4 Å². The van der Waals surface area contributed by atoms with Crippen LogP contribution in [-0.2, 0) is 11.2 Å². The molecule has 1 aliphatic heterocycles. The van der Waals surface area contributed by atoms with Crippen molar-refractivity contribution in [3.63, 3.8) is 0 Å². The SMILES string of the molecule is CCc1cccc(NC(=O)N2CCCC(C)(C(=O)O)C2)c1. The standard InChI is InChI=1S/C16H22N2O3/c1-3-12-6-4-7-13(10-12)17-15(21)18-9-5-8-16(2,11-18)14(19)20/h4,6-7,10H,3,5,8-9,11H2,1-2H3,(H,17,21)(H,19,20). The second-order valence-corrected chi connectivity index (χ2v) is 5.88. The van der Waals surface area contributed by atoms with Crippen LogP contribution in [0.2, 0.25) is 0 Å². The molecule has 5 nitrogen and oxygen atoms in total. The largest absolute Gasteiger partial charge is 0.481 e. The molecule has 0 bridgehead atoms. The molecule has 1 fully saturated rings. The molecule has 0 aliphatic carbocycles. The second kappa shape index (κ2) is 6.16. The lowest BCUT2D eigenvalue weighted by Gasteiger charge is -2.37. The van der Waals surface area contributed by atoms with E-state index < -0.39 is 11.4 Å². The van der Waals surface area contributed by atoms with Gasteiger partial charge in [0.2, 0.25) is 0 Å². The van der Waals surface area contributed by atoms with E-state index in [0.717, 1.165) is 17.7 Å². The van der Waals surface area contributed by atoms with Crippen molar-refractivity contribution in [1.29, 1.82) is 0 Å². The average Bonchev–Trinajstić information content (AvgIpc) is 2.47. The van der Waals surface area contributed by atoms with Crippen molar-refractivity contribution < 1.29 is 14.7 Å². The third kappa shape index (κ3) is 3.54. The molecule has 1 saturated heterocycles. The lowest BCUT2D eigenvalue weighted by molar-refractivity contribution is -0.150. The minimum atomic E-state index is -0.846. The first-order valence-electron chi connectivity index (χ1n) is 7.33. The van der Waals surface area contributed by atoms with Crippen molar-refractivity contribution in [2.45, 2.75) is 33.1 Å². The van der Waals surface area contributed by atoms with E-state index in [-0.39, 0.29) is 12.6 Å². The number of hydrogen-bond donors (Lipinski definition) is 2. The van der Waals surface area contributed by atoms with Gasteiger partial charge >= 0.3 is 12.0 Å². The highest BCUT2D eigenvalue weighted by atomic mass is 16.4. The summed E-state index contributed by atoms with van der Waals surface area (Å²) >= 11 is 0. The lowest BCUT2D eigenvalue weighted by atomic mass is 9.82. The fourth-order valence-electron chi connectivity index (χ4n) is 2.66. The number of likely N-dealkylation sites (tertiary alicyclic amines) is 1. The Kier molecular flexibility index (Phi) is 4.50. The molecule has 21 heavy (non-hydrogen) atoms. The summed E-state index contributed by atoms with van der Waals surface area (Å²) in [5, 5.41) is 12.2. The molecule has 2 amide bonds. The molecule has 5 heteroatoms. The van der Waals surface area contributed by atoms with Crippen LogP contribution in [0.5, 0.6) is 0 Å². The Morgan fingerprint density at radius 2 is 2.19 bits per heavy atom. The Bertz CT molecular complexity index is 544. The van der Waals surface area contributed by atoms with E-state index in [2.05, 4.69) is 12.2 Å². The highest BCUT2D eigenvalue weighted by molar-refractivity contribution is 5.90. The molecule has 1 aliphatic rings. The fourth-order valence-corrected chi connectivity index (χ4v) is 2.66. The van der Waals surface area contributed by atoms with Gasteiger partial charge in [-0.2, -0.15) is 0 Å². The molecule has 0 aromatic heterocycles. The fraction of sp³-hybridized carbons (Fsp3) is 0.500. The molecule has 0 spiro atoms. The molecule has 1 heterocycles. The number of amides is 2. The minimum absolute atomic E-state index is 0.226. The number of carboxylic acid groups (broad SMARTS) is 1. The Morgan fingerprint density at radius 3 is 2.86 bits per heavy atom. The third-order valence-electron chi connectivity index (χ3n) is 4.09. The summed E-state index contributed by atoms with van der Waals surface area (Å²) in [4.78, 5) is 25.2. The number of benzene rings is 1. The van der Waals surface area contributed by atoms with Gasteiger partial charge in [-0.3, -0.25) is 4.79 Å². The van der Waals surface area contributed by atoms with Crippen LogP contribution in [0.4, 0.5) is 10.5 Å². The summed E-state index contributed by atoms with van der Waals surface area (Å²) in [6, 6.07) is 7.48. The van der Waals surface area contributed by atoms with E-state index in [4.69, 9.17) is 0 Å². The number of nitrogens with one attached hydrogen (secondary N) is 1. The first-order chi connectivity index (χ1) is 9.94. The molecule has 2 rings (SSSR count). The molecule has 114 valence electrons. The predicted molar refractivity (Wildman–Crippen MR) is 81.4 cm³/mol. The van der Waals surface area contributed by atoms with E-state index in [9.17, 15) is 14.7 Å². The molecule has 0 saturated carbocycles. The number of aliphatic carboxylic acids is 1. The number of hydrogen-bond acceptors (Lipinski definition) is 2. The summed E-state index contributed by atoms with van der Waals surface area (Å²) in [5.41, 5.74) is 1.06. The number of piperidine rings is 1. The maximum Gasteiger partial charge on any atom is 0.321 e. The summed E-state index contributed by atoms with van der Waals surface area (Å²) in [6.45, 7) is 4.61. The van der Waals surface area contributed by atoms with Gasteiger partial charge in [-0.25, -0.2) is 4.79 Å². The number of aryl methyl sites for hydroxylation is 1. The van der Waals surface area contributed by atoms with Gasteiger partial charge in [0.25, 0.3) is 0 Å². The van der Waals surface area contributed by atoms with Crippen molar-refractivity contribution in [3.05, 3.63) is 29.8 Å². The molecule has 1 aromatic rings. The highest BCUT2D eigenvalue weighted by Gasteiger charge is 2.39. The van der Waals surface area contributed by atoms with Crippen LogP contribution in [0, 0.1) is 5.41 Å².